The number of hydrogen-bond donors (Lipinski definition) is 2. The Morgan fingerprint density at radius 1 is 0.625 bits per heavy atom. The van der Waals surface area contributed by atoms with Crippen LogP contribution in [-0.4, -0.2) is 0 Å². The second kappa shape index (κ2) is 11.1. The first kappa shape index (κ1) is 28.7. The number of hydrogen-bond acceptors (Lipinski definition) is 3. The highest BCUT2D eigenvalue weighted by Gasteiger charge is 2.36. The van der Waals surface area contributed by atoms with E-state index in [1.807, 2.05) is 18.2 Å². The fourth-order valence-corrected chi connectivity index (χ4v) is 7.81. The average Bonchev–Trinajstić information content (AvgIpc) is 3.61. The third-order valence-corrected chi connectivity index (χ3v) is 10.3. The van der Waals surface area contributed by atoms with Gasteiger partial charge in [0.25, 0.3) is 0 Å². The second-order valence-electron chi connectivity index (χ2n) is 13.5. The minimum absolute atomic E-state index is 0.0949. The largest absolute Gasteiger partial charge is 0.456 e. The molecule has 3 nitrogen and oxygen atoms in total. The molecule has 2 unspecified atom stereocenters. The van der Waals surface area contributed by atoms with Crippen LogP contribution >= 0.6 is 0 Å². The lowest BCUT2D eigenvalue weighted by Gasteiger charge is -2.22. The zero-order valence-corrected chi connectivity index (χ0v) is 27.1. The van der Waals surface area contributed by atoms with Crippen molar-refractivity contribution >= 4 is 49.6 Å². The predicted molar refractivity (Wildman–Crippen MR) is 201 cm³/mol. The van der Waals surface area contributed by atoms with Gasteiger partial charge in [-0.1, -0.05) is 141 Å². The molecule has 0 radical (unpaired) electrons. The van der Waals surface area contributed by atoms with Gasteiger partial charge in [0.05, 0.1) is 12.2 Å². The predicted octanol–water partition coefficient (Wildman–Crippen LogP) is 11.2. The summed E-state index contributed by atoms with van der Waals surface area (Å²) in [5.41, 5.74) is 17.2. The normalized spacial score (nSPS) is 15.0. The number of furan rings is 1. The van der Waals surface area contributed by atoms with Crippen molar-refractivity contribution in [3.8, 4) is 11.1 Å². The monoisotopic (exact) mass is 620 g/mol. The molecule has 0 saturated carbocycles. The molecule has 3 N–H and O–H groups in total. The van der Waals surface area contributed by atoms with Crippen LogP contribution in [0.1, 0.15) is 53.9 Å². The Labute approximate surface area is 280 Å². The standard InChI is InChI=1S/C45H36N2O/c1-45(2)37-18-10-16-29(42(37)36-25-31-14-6-7-15-32(31)26-38(36)45)20-23-39(47-44(46)30-12-4-3-5-13-30)33-19-22-35-41(27-33)48-40-24-21-28-11-8-9-17-34(28)43(35)40/h3-27,39,44,47H,46H2,1-2H3/b23-20+. The van der Waals surface area contributed by atoms with Crippen LogP contribution in [-0.2, 0) is 5.41 Å². The van der Waals surface area contributed by atoms with Crippen LogP contribution in [0, 0.1) is 0 Å². The molecular weight excluding hydrogens is 585 g/mol. The summed E-state index contributed by atoms with van der Waals surface area (Å²) < 4.78 is 6.48. The fourth-order valence-electron chi connectivity index (χ4n) is 7.81. The topological polar surface area (TPSA) is 51.2 Å². The van der Waals surface area contributed by atoms with E-state index in [1.165, 1.54) is 49.4 Å². The third kappa shape index (κ3) is 4.58. The van der Waals surface area contributed by atoms with E-state index in [1.54, 1.807) is 0 Å². The Balaban J connectivity index is 1.17. The number of fused-ring (bicyclic) bond motifs is 9. The minimum Gasteiger partial charge on any atom is -0.456 e. The van der Waals surface area contributed by atoms with Gasteiger partial charge >= 0.3 is 0 Å². The Kier molecular flexibility index (Phi) is 6.62. The van der Waals surface area contributed by atoms with E-state index < -0.39 is 0 Å². The third-order valence-electron chi connectivity index (χ3n) is 10.3. The van der Waals surface area contributed by atoms with Crippen LogP contribution in [0.2, 0.25) is 0 Å². The molecule has 1 heterocycles. The van der Waals surface area contributed by atoms with Crippen molar-refractivity contribution < 1.29 is 4.42 Å². The summed E-state index contributed by atoms with van der Waals surface area (Å²) in [5, 5.41) is 11.0. The van der Waals surface area contributed by atoms with Gasteiger partial charge in [-0.25, -0.2) is 0 Å². The van der Waals surface area contributed by atoms with Crippen LogP contribution in [0.25, 0.3) is 60.7 Å². The molecule has 0 saturated heterocycles. The summed E-state index contributed by atoms with van der Waals surface area (Å²) in [6.45, 7) is 4.68. The van der Waals surface area contributed by atoms with Crippen molar-refractivity contribution in [1.29, 1.82) is 0 Å². The summed E-state index contributed by atoms with van der Waals surface area (Å²) in [4.78, 5) is 0. The molecule has 8 aromatic rings. The maximum absolute atomic E-state index is 6.81. The van der Waals surface area contributed by atoms with E-state index in [9.17, 15) is 0 Å². The van der Waals surface area contributed by atoms with Crippen LogP contribution in [0.3, 0.4) is 0 Å². The molecule has 1 aromatic heterocycles. The zero-order chi connectivity index (χ0) is 32.4. The molecule has 48 heavy (non-hydrogen) atoms. The van der Waals surface area contributed by atoms with Gasteiger partial charge in [-0.15, -0.1) is 0 Å². The quantitative estimate of drug-likeness (QED) is 0.182. The van der Waals surface area contributed by atoms with E-state index in [4.69, 9.17) is 10.2 Å². The zero-order valence-electron chi connectivity index (χ0n) is 27.1. The number of benzene rings is 7. The van der Waals surface area contributed by atoms with Gasteiger partial charge in [-0.2, -0.15) is 0 Å². The van der Waals surface area contributed by atoms with Gasteiger partial charge in [-0.05, 0) is 84.8 Å². The van der Waals surface area contributed by atoms with Crippen molar-refractivity contribution in [2.24, 2.45) is 5.73 Å². The summed E-state index contributed by atoms with van der Waals surface area (Å²) in [7, 11) is 0. The Hall–Kier alpha value is -5.48. The molecular formula is C45H36N2O. The molecule has 1 aliphatic rings. The second-order valence-corrected chi connectivity index (χ2v) is 13.5. The van der Waals surface area contributed by atoms with Crippen LogP contribution in [0.15, 0.2) is 150 Å². The highest BCUT2D eigenvalue weighted by molar-refractivity contribution is 6.18. The molecule has 232 valence electrons. The van der Waals surface area contributed by atoms with Crippen LogP contribution in [0.4, 0.5) is 0 Å². The van der Waals surface area contributed by atoms with Crippen molar-refractivity contribution in [3.05, 3.63) is 173 Å². The first-order valence-corrected chi connectivity index (χ1v) is 16.7. The van der Waals surface area contributed by atoms with E-state index >= 15 is 0 Å². The number of rotatable bonds is 6. The first-order chi connectivity index (χ1) is 23.5. The lowest BCUT2D eigenvalue weighted by molar-refractivity contribution is 0.509. The van der Waals surface area contributed by atoms with E-state index in [-0.39, 0.29) is 17.6 Å². The molecule has 7 aromatic carbocycles. The van der Waals surface area contributed by atoms with Crippen molar-refractivity contribution in [2.75, 3.05) is 0 Å². The van der Waals surface area contributed by atoms with Crippen molar-refractivity contribution in [1.82, 2.24) is 5.32 Å². The van der Waals surface area contributed by atoms with Gasteiger partial charge in [0.1, 0.15) is 11.2 Å². The van der Waals surface area contributed by atoms with Gasteiger partial charge in [0.2, 0.25) is 0 Å². The highest BCUT2D eigenvalue weighted by Crippen LogP contribution is 2.51. The molecule has 0 bridgehead atoms. The highest BCUT2D eigenvalue weighted by atomic mass is 16.3. The molecule has 2 atom stereocenters. The van der Waals surface area contributed by atoms with Crippen LogP contribution < -0.4 is 11.1 Å². The van der Waals surface area contributed by atoms with E-state index in [0.29, 0.717) is 0 Å². The van der Waals surface area contributed by atoms with Gasteiger partial charge in [0.15, 0.2) is 0 Å². The summed E-state index contributed by atoms with van der Waals surface area (Å²) in [6, 6.07) is 49.5. The smallest absolute Gasteiger partial charge is 0.136 e. The van der Waals surface area contributed by atoms with Crippen LogP contribution in [0.5, 0.6) is 0 Å². The molecule has 0 spiro atoms. The van der Waals surface area contributed by atoms with Crippen molar-refractivity contribution in [2.45, 2.75) is 31.5 Å². The molecule has 3 heteroatoms. The van der Waals surface area contributed by atoms with Crippen molar-refractivity contribution in [3.63, 3.8) is 0 Å². The lowest BCUT2D eigenvalue weighted by Crippen LogP contribution is -2.31. The maximum atomic E-state index is 6.81. The maximum Gasteiger partial charge on any atom is 0.136 e. The average molecular weight is 621 g/mol. The Morgan fingerprint density at radius 2 is 1.38 bits per heavy atom. The molecule has 1 aliphatic carbocycles. The SMILES string of the molecule is CC1(C)c2cc3ccccc3cc2-c2c(/C=C/C(NC(N)c3ccccc3)c3ccc4c(c3)oc3ccc5ccccc5c34)cccc21. The Morgan fingerprint density at radius 3 is 2.21 bits per heavy atom. The summed E-state index contributed by atoms with van der Waals surface area (Å²) in [5.74, 6) is 0. The van der Waals surface area contributed by atoms with Gasteiger partial charge in [0, 0.05) is 16.2 Å². The minimum atomic E-state index is -0.358. The van der Waals surface area contributed by atoms with E-state index in [0.717, 1.165) is 33.1 Å². The summed E-state index contributed by atoms with van der Waals surface area (Å²) in [6.07, 6.45) is 4.16. The molecule has 0 amide bonds. The molecule has 9 rings (SSSR count). The Bertz CT molecular complexity index is 2540. The summed E-state index contributed by atoms with van der Waals surface area (Å²) >= 11 is 0. The molecule has 0 aliphatic heterocycles. The fraction of sp³-hybridized carbons (Fsp3) is 0.111. The lowest BCUT2D eigenvalue weighted by atomic mass is 9.81. The molecule has 0 fully saturated rings. The van der Waals surface area contributed by atoms with Gasteiger partial charge in [-0.3, -0.25) is 5.32 Å². The van der Waals surface area contributed by atoms with E-state index in [2.05, 4.69) is 153 Å². The number of nitrogens with two attached hydrogens (primary N) is 1. The number of nitrogens with one attached hydrogen (secondary N) is 1. The van der Waals surface area contributed by atoms with Gasteiger partial charge < -0.3 is 10.2 Å². The first-order valence-electron chi connectivity index (χ1n) is 16.7.